The van der Waals surface area contributed by atoms with Gasteiger partial charge in [0.2, 0.25) is 5.89 Å². The largest absolute Gasteiger partial charge is 0.403 e. The van der Waals surface area contributed by atoms with Crippen molar-refractivity contribution in [1.82, 2.24) is 4.98 Å². The zero-order valence-electron chi connectivity index (χ0n) is 11.4. The molecule has 110 valence electrons. The van der Waals surface area contributed by atoms with Crippen LogP contribution in [-0.2, 0) is 0 Å². The van der Waals surface area contributed by atoms with E-state index < -0.39 is 10.5 Å². The second kappa shape index (κ2) is 5.23. The summed E-state index contributed by atoms with van der Waals surface area (Å²) in [4.78, 5) is 26.6. The van der Waals surface area contributed by atoms with Crippen molar-refractivity contribution in [2.24, 2.45) is 0 Å². The maximum Gasteiger partial charge on any atom is 0.347 e. The number of benzene rings is 2. The van der Waals surface area contributed by atoms with Crippen LogP contribution in [0.25, 0.3) is 22.4 Å². The first-order valence-electron chi connectivity index (χ1n) is 6.31. The predicted octanol–water partition coefficient (Wildman–Crippen LogP) is 3.73. The Labute approximate surface area is 129 Å². The molecule has 0 amide bonds. The van der Waals surface area contributed by atoms with E-state index in [-0.39, 0.29) is 17.0 Å². The molecule has 1 heterocycles. The lowest BCUT2D eigenvalue weighted by Gasteiger charge is -2.05. The fourth-order valence-corrected chi connectivity index (χ4v) is 2.33. The van der Waals surface area contributed by atoms with Gasteiger partial charge in [0.25, 0.3) is 5.69 Å². The van der Waals surface area contributed by atoms with E-state index in [2.05, 4.69) is 4.98 Å². The fourth-order valence-electron chi connectivity index (χ4n) is 2.16. The van der Waals surface area contributed by atoms with Gasteiger partial charge in [-0.15, -0.1) is 0 Å². The van der Waals surface area contributed by atoms with Gasteiger partial charge in [-0.25, -0.2) is 9.78 Å². The first kappa shape index (κ1) is 14.2. The smallest absolute Gasteiger partial charge is 0.347 e. The molecule has 0 saturated carbocycles. The monoisotopic (exact) mass is 316 g/mol. The van der Waals surface area contributed by atoms with Gasteiger partial charge in [0.05, 0.1) is 15.8 Å². The highest BCUT2D eigenvalue weighted by molar-refractivity contribution is 6.31. The Bertz CT molecular complexity index is 965. The highest BCUT2D eigenvalue weighted by atomic mass is 35.5. The zero-order chi connectivity index (χ0) is 15.9. The maximum absolute atomic E-state index is 12.0. The van der Waals surface area contributed by atoms with E-state index >= 15 is 0 Å². The Morgan fingerprint density at radius 3 is 2.68 bits per heavy atom. The molecule has 7 heteroatoms. The van der Waals surface area contributed by atoms with Crippen LogP contribution in [0.3, 0.4) is 0 Å². The molecule has 6 nitrogen and oxygen atoms in total. The van der Waals surface area contributed by atoms with E-state index in [1.165, 1.54) is 24.3 Å². The van der Waals surface area contributed by atoms with Crippen LogP contribution in [0.2, 0.25) is 5.02 Å². The number of non-ortho nitro benzene ring substituents is 1. The van der Waals surface area contributed by atoms with Gasteiger partial charge in [-0.2, -0.15) is 0 Å². The van der Waals surface area contributed by atoms with Crippen LogP contribution >= 0.6 is 11.6 Å². The molecule has 0 atom stereocenters. The minimum absolute atomic E-state index is 0.0313. The van der Waals surface area contributed by atoms with Crippen molar-refractivity contribution in [3.8, 4) is 11.5 Å². The van der Waals surface area contributed by atoms with Gasteiger partial charge in [-0.3, -0.25) is 10.1 Å². The van der Waals surface area contributed by atoms with Gasteiger partial charge in [0, 0.05) is 22.7 Å². The summed E-state index contributed by atoms with van der Waals surface area (Å²) in [5.41, 5.74) is 0.988. The number of aryl methyl sites for hydroxylation is 1. The molecule has 0 N–H and O–H groups in total. The van der Waals surface area contributed by atoms with E-state index in [4.69, 9.17) is 16.0 Å². The topological polar surface area (TPSA) is 86.2 Å². The third-order valence-corrected chi connectivity index (χ3v) is 3.48. The number of nitro groups is 1. The molecule has 2 aromatic carbocycles. The summed E-state index contributed by atoms with van der Waals surface area (Å²) in [6.07, 6.45) is 0. The maximum atomic E-state index is 12.0. The predicted molar refractivity (Wildman–Crippen MR) is 82.1 cm³/mol. The molecular formula is C15H9ClN2O4. The number of halogens is 1. The number of nitro benzene ring substituents is 1. The average molecular weight is 317 g/mol. The normalized spacial score (nSPS) is 10.8. The van der Waals surface area contributed by atoms with Crippen molar-refractivity contribution in [2.75, 3.05) is 0 Å². The molecule has 22 heavy (non-hydrogen) atoms. The Hall–Kier alpha value is -2.73. The first-order valence-corrected chi connectivity index (χ1v) is 6.69. The van der Waals surface area contributed by atoms with Crippen molar-refractivity contribution < 1.29 is 9.34 Å². The van der Waals surface area contributed by atoms with Crippen molar-refractivity contribution in [2.45, 2.75) is 6.92 Å². The third kappa shape index (κ3) is 2.44. The van der Waals surface area contributed by atoms with E-state index in [1.807, 2.05) is 0 Å². The van der Waals surface area contributed by atoms with E-state index in [9.17, 15) is 14.9 Å². The highest BCUT2D eigenvalue weighted by Gasteiger charge is 2.14. The summed E-state index contributed by atoms with van der Waals surface area (Å²) < 4.78 is 5.22. The molecule has 0 unspecified atom stereocenters. The summed E-state index contributed by atoms with van der Waals surface area (Å²) in [5.74, 6) is 0.118. The van der Waals surface area contributed by atoms with Crippen molar-refractivity contribution in [1.29, 1.82) is 0 Å². The second-order valence-electron chi connectivity index (χ2n) is 4.72. The van der Waals surface area contributed by atoms with Gasteiger partial charge in [-0.05, 0) is 36.8 Å². The molecule has 0 aliphatic carbocycles. The Balaban J connectivity index is 2.21. The van der Waals surface area contributed by atoms with Crippen LogP contribution in [0.15, 0.2) is 45.6 Å². The molecule has 3 aromatic rings. The van der Waals surface area contributed by atoms with Gasteiger partial charge >= 0.3 is 5.63 Å². The first-order chi connectivity index (χ1) is 10.5. The average Bonchev–Trinajstić information content (AvgIpc) is 2.47. The van der Waals surface area contributed by atoms with Crippen LogP contribution in [0, 0.1) is 17.0 Å². The Morgan fingerprint density at radius 2 is 2.00 bits per heavy atom. The third-order valence-electron chi connectivity index (χ3n) is 3.24. The quantitative estimate of drug-likeness (QED) is 0.531. The fraction of sp³-hybridized carbons (Fsp3) is 0.0667. The van der Waals surface area contributed by atoms with Crippen LogP contribution in [0.5, 0.6) is 0 Å². The van der Waals surface area contributed by atoms with Gasteiger partial charge < -0.3 is 4.42 Å². The van der Waals surface area contributed by atoms with Gasteiger partial charge in [0.1, 0.15) is 0 Å². The van der Waals surface area contributed by atoms with E-state index in [1.54, 1.807) is 19.1 Å². The van der Waals surface area contributed by atoms with Gasteiger partial charge in [-0.1, -0.05) is 11.6 Å². The lowest BCUT2D eigenvalue weighted by atomic mass is 10.1. The van der Waals surface area contributed by atoms with Crippen LogP contribution in [0.1, 0.15) is 5.56 Å². The van der Waals surface area contributed by atoms with Crippen molar-refractivity contribution in [3.63, 3.8) is 0 Å². The molecule has 0 saturated heterocycles. The summed E-state index contributed by atoms with van der Waals surface area (Å²) in [7, 11) is 0. The standard InChI is InChI=1S/C15H9ClN2O4/c1-8-6-10(18(20)21)3-4-11(8)14-17-13-5-2-9(16)7-12(13)15(19)22-14/h2-7H,1H3. The number of fused-ring (bicyclic) bond motifs is 1. The molecule has 1 aromatic heterocycles. The SMILES string of the molecule is Cc1cc([N+](=O)[O-])ccc1-c1nc2ccc(Cl)cc2c(=O)o1. The number of hydrogen-bond donors (Lipinski definition) is 0. The minimum atomic E-state index is -0.555. The Morgan fingerprint density at radius 1 is 1.23 bits per heavy atom. The lowest BCUT2D eigenvalue weighted by molar-refractivity contribution is -0.384. The molecule has 0 spiro atoms. The van der Waals surface area contributed by atoms with Gasteiger partial charge in [0.15, 0.2) is 0 Å². The number of nitrogens with zero attached hydrogens (tertiary/aromatic N) is 2. The number of rotatable bonds is 2. The summed E-state index contributed by atoms with van der Waals surface area (Å²) in [6, 6.07) is 9.00. The van der Waals surface area contributed by atoms with Crippen LogP contribution in [0.4, 0.5) is 5.69 Å². The molecule has 0 aliphatic rings. The summed E-state index contributed by atoms with van der Waals surface area (Å²) in [6.45, 7) is 1.69. The second-order valence-corrected chi connectivity index (χ2v) is 5.16. The summed E-state index contributed by atoms with van der Waals surface area (Å²) in [5, 5.41) is 11.5. The number of aromatic nitrogens is 1. The van der Waals surface area contributed by atoms with Crippen molar-refractivity contribution in [3.05, 3.63) is 67.5 Å². The number of hydrogen-bond acceptors (Lipinski definition) is 5. The van der Waals surface area contributed by atoms with Crippen LogP contribution < -0.4 is 5.63 Å². The molecule has 0 bridgehead atoms. The molecule has 3 rings (SSSR count). The lowest BCUT2D eigenvalue weighted by Crippen LogP contribution is -2.03. The van der Waals surface area contributed by atoms with Crippen LogP contribution in [-0.4, -0.2) is 9.91 Å². The minimum Gasteiger partial charge on any atom is -0.403 e. The van der Waals surface area contributed by atoms with Crippen molar-refractivity contribution >= 4 is 28.2 Å². The zero-order valence-corrected chi connectivity index (χ0v) is 12.1. The molecule has 0 radical (unpaired) electrons. The van der Waals surface area contributed by atoms with E-state index in [0.29, 0.717) is 21.7 Å². The Kier molecular flexibility index (Phi) is 3.38. The molecular weight excluding hydrogens is 308 g/mol. The molecule has 0 aliphatic heterocycles. The molecule has 0 fully saturated rings. The van der Waals surface area contributed by atoms with E-state index in [0.717, 1.165) is 0 Å². The highest BCUT2D eigenvalue weighted by Crippen LogP contribution is 2.26. The summed E-state index contributed by atoms with van der Waals surface area (Å²) >= 11 is 5.85.